The first-order valence-electron chi connectivity index (χ1n) is 7.67. The van der Waals surface area contributed by atoms with Crippen LogP contribution in [0.3, 0.4) is 0 Å². The van der Waals surface area contributed by atoms with Gasteiger partial charge in [-0.2, -0.15) is 5.10 Å². The zero-order chi connectivity index (χ0) is 16.4. The van der Waals surface area contributed by atoms with Crippen LogP contribution in [-0.2, 0) is 13.6 Å². The molecule has 0 bridgehead atoms. The average molecular weight is 316 g/mol. The first kappa shape index (κ1) is 14.3. The van der Waals surface area contributed by atoms with Crippen LogP contribution in [0.4, 0.5) is 5.82 Å². The normalized spacial score (nSPS) is 10.9. The van der Waals surface area contributed by atoms with Gasteiger partial charge in [0.2, 0.25) is 0 Å². The number of anilines is 1. The van der Waals surface area contributed by atoms with E-state index in [0.717, 1.165) is 22.5 Å². The third-order valence-electron chi connectivity index (χ3n) is 3.77. The molecule has 118 valence electrons. The molecule has 6 nitrogen and oxygen atoms in total. The summed E-state index contributed by atoms with van der Waals surface area (Å²) in [7, 11) is 1.92. The van der Waals surface area contributed by atoms with Crippen LogP contribution in [0.2, 0.25) is 0 Å². The Morgan fingerprint density at radius 1 is 1.04 bits per heavy atom. The summed E-state index contributed by atoms with van der Waals surface area (Å²) in [5, 5.41) is 7.56. The van der Waals surface area contributed by atoms with Gasteiger partial charge in [-0.1, -0.05) is 18.2 Å². The van der Waals surface area contributed by atoms with Crippen LogP contribution in [-0.4, -0.2) is 24.7 Å². The number of rotatable bonds is 4. The van der Waals surface area contributed by atoms with Crippen molar-refractivity contribution in [2.24, 2.45) is 7.05 Å². The maximum Gasteiger partial charge on any atom is 0.180 e. The lowest BCUT2D eigenvalue weighted by Crippen LogP contribution is -2.02. The van der Waals surface area contributed by atoms with Gasteiger partial charge in [-0.05, 0) is 29.3 Å². The number of benzene rings is 1. The highest BCUT2D eigenvalue weighted by Crippen LogP contribution is 2.20. The van der Waals surface area contributed by atoms with E-state index in [4.69, 9.17) is 0 Å². The van der Waals surface area contributed by atoms with Crippen molar-refractivity contribution in [3.8, 4) is 11.1 Å². The topological polar surface area (TPSA) is 68.5 Å². The molecule has 24 heavy (non-hydrogen) atoms. The van der Waals surface area contributed by atoms with Gasteiger partial charge < -0.3 is 5.32 Å². The summed E-state index contributed by atoms with van der Waals surface area (Å²) in [4.78, 5) is 12.9. The molecular formula is C18H16N6. The molecule has 0 fully saturated rings. The van der Waals surface area contributed by atoms with Gasteiger partial charge in [0.15, 0.2) is 5.65 Å². The Morgan fingerprint density at radius 2 is 1.96 bits per heavy atom. The molecule has 0 aliphatic rings. The highest BCUT2D eigenvalue weighted by molar-refractivity contribution is 5.71. The molecule has 4 rings (SSSR count). The third kappa shape index (κ3) is 2.94. The van der Waals surface area contributed by atoms with E-state index in [1.807, 2.05) is 31.6 Å². The number of nitrogens with one attached hydrogen (secondary N) is 1. The molecule has 0 aliphatic heterocycles. The second kappa shape index (κ2) is 6.08. The Morgan fingerprint density at radius 3 is 2.83 bits per heavy atom. The van der Waals surface area contributed by atoms with Gasteiger partial charge in [0, 0.05) is 37.7 Å². The van der Waals surface area contributed by atoms with Gasteiger partial charge in [-0.3, -0.25) is 9.67 Å². The number of hydrogen-bond donors (Lipinski definition) is 1. The highest BCUT2D eigenvalue weighted by atomic mass is 15.2. The van der Waals surface area contributed by atoms with E-state index in [2.05, 4.69) is 49.6 Å². The molecule has 0 spiro atoms. The molecule has 0 saturated carbocycles. The second-order valence-corrected chi connectivity index (χ2v) is 5.55. The predicted octanol–water partition coefficient (Wildman–Crippen LogP) is 3.04. The second-order valence-electron chi connectivity index (χ2n) is 5.55. The number of aromatic nitrogens is 5. The molecule has 1 aromatic carbocycles. The molecule has 0 atom stereocenters. The summed E-state index contributed by atoms with van der Waals surface area (Å²) >= 11 is 0. The van der Waals surface area contributed by atoms with Crippen molar-refractivity contribution in [3.05, 3.63) is 66.7 Å². The Labute approximate surface area is 139 Å². The molecule has 0 saturated heterocycles. The summed E-state index contributed by atoms with van der Waals surface area (Å²) in [5.41, 5.74) is 4.88. The summed E-state index contributed by atoms with van der Waals surface area (Å²) in [6, 6.07) is 12.2. The minimum absolute atomic E-state index is 0.645. The number of nitrogens with zero attached hydrogens (tertiary/aromatic N) is 5. The maximum atomic E-state index is 4.48. The Hall–Kier alpha value is -3.28. The standard InChI is InChI=1S/C18H16N6/c1-24-12-15(11-22-24)14-4-2-3-13(9-14)10-21-17-6-5-16-18(23-17)20-8-7-19-16/h2-9,11-12H,10H2,1H3,(H,20,21,23). The Bertz CT molecular complexity index is 991. The Balaban J connectivity index is 1.52. The van der Waals surface area contributed by atoms with Crippen molar-refractivity contribution < 1.29 is 0 Å². The molecule has 0 unspecified atom stereocenters. The highest BCUT2D eigenvalue weighted by Gasteiger charge is 2.03. The van der Waals surface area contributed by atoms with E-state index in [9.17, 15) is 0 Å². The van der Waals surface area contributed by atoms with Crippen molar-refractivity contribution in [1.82, 2.24) is 24.7 Å². The fraction of sp³-hybridized carbons (Fsp3) is 0.111. The molecule has 3 aromatic heterocycles. The van der Waals surface area contributed by atoms with E-state index in [-0.39, 0.29) is 0 Å². The summed E-state index contributed by atoms with van der Waals surface area (Å²) in [5.74, 6) is 0.787. The van der Waals surface area contributed by atoms with Gasteiger partial charge in [0.05, 0.1) is 6.20 Å². The van der Waals surface area contributed by atoms with Gasteiger partial charge in [0.1, 0.15) is 11.3 Å². The van der Waals surface area contributed by atoms with Crippen molar-refractivity contribution in [3.63, 3.8) is 0 Å². The van der Waals surface area contributed by atoms with E-state index in [1.54, 1.807) is 17.1 Å². The molecule has 0 aliphatic carbocycles. The Kier molecular flexibility index (Phi) is 3.63. The van der Waals surface area contributed by atoms with Gasteiger partial charge in [-0.15, -0.1) is 0 Å². The fourth-order valence-corrected chi connectivity index (χ4v) is 2.58. The molecule has 0 radical (unpaired) electrons. The monoisotopic (exact) mass is 316 g/mol. The van der Waals surface area contributed by atoms with E-state index in [1.165, 1.54) is 5.56 Å². The van der Waals surface area contributed by atoms with E-state index < -0.39 is 0 Å². The average Bonchev–Trinajstić information content (AvgIpc) is 3.06. The van der Waals surface area contributed by atoms with Crippen LogP contribution in [0, 0.1) is 0 Å². The number of pyridine rings is 1. The van der Waals surface area contributed by atoms with E-state index >= 15 is 0 Å². The predicted molar refractivity (Wildman–Crippen MR) is 93.3 cm³/mol. The molecule has 0 amide bonds. The van der Waals surface area contributed by atoms with Crippen molar-refractivity contribution >= 4 is 17.0 Å². The SMILES string of the molecule is Cn1cc(-c2cccc(CNc3ccc4nccnc4n3)c2)cn1. The number of fused-ring (bicyclic) bond motifs is 1. The first-order valence-corrected chi connectivity index (χ1v) is 7.67. The summed E-state index contributed by atoms with van der Waals surface area (Å²) in [6.45, 7) is 0.687. The van der Waals surface area contributed by atoms with Crippen LogP contribution >= 0.6 is 0 Å². The zero-order valence-corrected chi connectivity index (χ0v) is 13.2. The van der Waals surface area contributed by atoms with Crippen molar-refractivity contribution in [2.45, 2.75) is 6.54 Å². The maximum absolute atomic E-state index is 4.48. The van der Waals surface area contributed by atoms with Gasteiger partial charge in [-0.25, -0.2) is 9.97 Å². The quantitative estimate of drug-likeness (QED) is 0.627. The minimum Gasteiger partial charge on any atom is -0.366 e. The molecule has 6 heteroatoms. The van der Waals surface area contributed by atoms with Crippen molar-refractivity contribution in [1.29, 1.82) is 0 Å². The van der Waals surface area contributed by atoms with Crippen molar-refractivity contribution in [2.75, 3.05) is 5.32 Å². The lowest BCUT2D eigenvalue weighted by atomic mass is 10.1. The third-order valence-corrected chi connectivity index (χ3v) is 3.77. The fourth-order valence-electron chi connectivity index (χ4n) is 2.58. The van der Waals surface area contributed by atoms with Crippen LogP contribution in [0.25, 0.3) is 22.3 Å². The summed E-state index contributed by atoms with van der Waals surface area (Å²) < 4.78 is 1.81. The lowest BCUT2D eigenvalue weighted by molar-refractivity contribution is 0.768. The van der Waals surface area contributed by atoms with Crippen LogP contribution in [0.5, 0.6) is 0 Å². The van der Waals surface area contributed by atoms with Crippen LogP contribution in [0.15, 0.2) is 61.2 Å². The first-order chi connectivity index (χ1) is 11.8. The molecule has 1 N–H and O–H groups in total. The molecular weight excluding hydrogens is 300 g/mol. The lowest BCUT2D eigenvalue weighted by Gasteiger charge is -2.07. The zero-order valence-electron chi connectivity index (χ0n) is 13.2. The van der Waals surface area contributed by atoms with Crippen LogP contribution in [0.1, 0.15) is 5.56 Å². The van der Waals surface area contributed by atoms with Crippen LogP contribution < -0.4 is 5.32 Å². The molecule has 3 heterocycles. The minimum atomic E-state index is 0.645. The largest absolute Gasteiger partial charge is 0.366 e. The van der Waals surface area contributed by atoms with E-state index in [0.29, 0.717) is 12.2 Å². The van der Waals surface area contributed by atoms with Gasteiger partial charge in [0.25, 0.3) is 0 Å². The number of aryl methyl sites for hydroxylation is 1. The molecule has 4 aromatic rings. The number of hydrogen-bond acceptors (Lipinski definition) is 5. The smallest absolute Gasteiger partial charge is 0.180 e. The van der Waals surface area contributed by atoms with Gasteiger partial charge >= 0.3 is 0 Å². The summed E-state index contributed by atoms with van der Waals surface area (Å²) in [6.07, 6.45) is 7.20.